The molecule has 2 aliphatic rings. The molecule has 33 heavy (non-hydrogen) atoms. The quantitative estimate of drug-likeness (QED) is 0.523. The van der Waals surface area contributed by atoms with E-state index in [0.717, 1.165) is 34.6 Å². The fraction of sp³-hybridized carbons (Fsp3) is 0.217. The summed E-state index contributed by atoms with van der Waals surface area (Å²) in [4.78, 5) is 25.7. The van der Waals surface area contributed by atoms with Crippen molar-refractivity contribution >= 4 is 33.8 Å². The van der Waals surface area contributed by atoms with Crippen LogP contribution in [0.1, 0.15) is 44.3 Å². The minimum absolute atomic E-state index is 0.0388. The molecule has 0 spiro atoms. The maximum atomic E-state index is 13.0. The van der Waals surface area contributed by atoms with Crippen molar-refractivity contribution in [2.45, 2.75) is 25.4 Å². The van der Waals surface area contributed by atoms with Crippen LogP contribution < -0.4 is 20.1 Å². The molecule has 2 amide bonds. The Morgan fingerprint density at radius 1 is 1.15 bits per heavy atom. The first-order valence-electron chi connectivity index (χ1n) is 10.0. The molecule has 1 atom stereocenters. The number of thiophene rings is 1. The number of hydrogen-bond acceptors (Lipinski definition) is 5. The Hall–Kier alpha value is -3.53. The summed E-state index contributed by atoms with van der Waals surface area (Å²) in [5.41, 5.74) is 1.52. The predicted molar refractivity (Wildman–Crippen MR) is 116 cm³/mol. The maximum absolute atomic E-state index is 13.0. The zero-order chi connectivity index (χ0) is 23.3. The van der Waals surface area contributed by atoms with Crippen molar-refractivity contribution in [2.75, 3.05) is 17.4 Å². The largest absolute Gasteiger partial charge is 0.454 e. The van der Waals surface area contributed by atoms with Crippen LogP contribution in [0.15, 0.2) is 42.5 Å². The predicted octanol–water partition coefficient (Wildman–Crippen LogP) is 5.53. The molecule has 5 rings (SSSR count). The Bertz CT molecular complexity index is 1290. The summed E-state index contributed by atoms with van der Waals surface area (Å²) in [6, 6.07) is 9.93. The molecule has 0 aliphatic carbocycles. The van der Waals surface area contributed by atoms with E-state index in [-0.39, 0.29) is 30.7 Å². The van der Waals surface area contributed by atoms with Crippen molar-refractivity contribution in [3.05, 3.63) is 69.6 Å². The second-order valence-corrected chi connectivity index (χ2v) is 8.77. The van der Waals surface area contributed by atoms with E-state index in [9.17, 15) is 22.8 Å². The van der Waals surface area contributed by atoms with Gasteiger partial charge in [-0.3, -0.25) is 9.59 Å². The van der Waals surface area contributed by atoms with E-state index in [4.69, 9.17) is 9.47 Å². The number of rotatable bonds is 3. The van der Waals surface area contributed by atoms with Crippen molar-refractivity contribution in [3.63, 3.8) is 0 Å². The number of carbonyl (C=O) groups excluding carboxylic acids is 2. The van der Waals surface area contributed by atoms with E-state index in [0.29, 0.717) is 26.9 Å². The summed E-state index contributed by atoms with van der Waals surface area (Å²) < 4.78 is 49.8. The average molecular weight is 474 g/mol. The zero-order valence-electron chi connectivity index (χ0n) is 17.2. The van der Waals surface area contributed by atoms with Crippen LogP contribution in [0.3, 0.4) is 0 Å². The molecule has 1 unspecified atom stereocenters. The first-order chi connectivity index (χ1) is 15.7. The van der Waals surface area contributed by atoms with Crippen molar-refractivity contribution in [3.8, 4) is 11.5 Å². The minimum Gasteiger partial charge on any atom is -0.454 e. The van der Waals surface area contributed by atoms with Gasteiger partial charge in [0.15, 0.2) is 11.5 Å². The number of anilines is 2. The SMILES string of the molecule is Cc1c(C(=O)Nc2cccc(C(F)(F)F)c2)sc2c1C(c1ccc3c(c1)OCO3)CC(=O)N2. The lowest BCUT2D eigenvalue weighted by molar-refractivity contribution is -0.137. The smallest absolute Gasteiger partial charge is 0.416 e. The Labute approximate surface area is 190 Å². The molecule has 170 valence electrons. The third-order valence-corrected chi connectivity index (χ3v) is 6.86. The van der Waals surface area contributed by atoms with Gasteiger partial charge in [0.05, 0.1) is 15.4 Å². The summed E-state index contributed by atoms with van der Waals surface area (Å²) in [6.07, 6.45) is -4.32. The average Bonchev–Trinajstić information content (AvgIpc) is 3.36. The number of nitrogens with one attached hydrogen (secondary N) is 2. The van der Waals surface area contributed by atoms with E-state index in [1.165, 1.54) is 12.1 Å². The maximum Gasteiger partial charge on any atom is 0.416 e. The van der Waals surface area contributed by atoms with Crippen LogP contribution >= 0.6 is 11.3 Å². The third kappa shape index (κ3) is 3.91. The van der Waals surface area contributed by atoms with Gasteiger partial charge < -0.3 is 20.1 Å². The van der Waals surface area contributed by atoms with Crippen LogP contribution in [-0.2, 0) is 11.0 Å². The summed E-state index contributed by atoms with van der Waals surface area (Å²) in [6.45, 7) is 1.90. The molecule has 6 nitrogen and oxygen atoms in total. The van der Waals surface area contributed by atoms with Gasteiger partial charge in [-0.15, -0.1) is 11.3 Å². The summed E-state index contributed by atoms with van der Waals surface area (Å²) in [5.74, 6) is 0.202. The van der Waals surface area contributed by atoms with Gasteiger partial charge in [0.1, 0.15) is 0 Å². The standard InChI is InChI=1S/C23H17F3N2O4S/c1-11-19-15(12-5-6-16-17(7-12)32-10-31-16)9-18(29)28-22(19)33-20(11)21(30)27-14-4-2-3-13(8-14)23(24,25)26/h2-8,15H,9-10H2,1H3,(H,27,30)(H,28,29). The Balaban J connectivity index is 1.48. The molecule has 0 bridgehead atoms. The first kappa shape index (κ1) is 21.3. The molecule has 1 aromatic heterocycles. The first-order valence-corrected chi connectivity index (χ1v) is 10.8. The Morgan fingerprint density at radius 3 is 2.73 bits per heavy atom. The third-order valence-electron chi connectivity index (χ3n) is 5.64. The van der Waals surface area contributed by atoms with Crippen molar-refractivity contribution in [2.24, 2.45) is 0 Å². The normalized spacial score (nSPS) is 16.8. The van der Waals surface area contributed by atoms with Gasteiger partial charge in [-0.1, -0.05) is 12.1 Å². The lowest BCUT2D eigenvalue weighted by Gasteiger charge is -2.24. The van der Waals surface area contributed by atoms with Gasteiger partial charge in [-0.05, 0) is 53.9 Å². The van der Waals surface area contributed by atoms with Crippen LogP contribution in [0.5, 0.6) is 11.5 Å². The Kier molecular flexibility index (Phi) is 5.04. The second kappa shape index (κ2) is 7.80. The minimum atomic E-state index is -4.51. The lowest BCUT2D eigenvalue weighted by atomic mass is 9.84. The number of amides is 2. The van der Waals surface area contributed by atoms with E-state index in [1.807, 2.05) is 12.1 Å². The number of hydrogen-bond donors (Lipinski definition) is 2. The Morgan fingerprint density at radius 2 is 1.94 bits per heavy atom. The van der Waals surface area contributed by atoms with Crippen LogP contribution in [0.25, 0.3) is 0 Å². The fourth-order valence-corrected chi connectivity index (χ4v) is 5.28. The molecule has 2 aliphatic heterocycles. The molecular formula is C23H17F3N2O4S. The number of alkyl halides is 3. The number of ether oxygens (including phenoxy) is 2. The number of benzene rings is 2. The topological polar surface area (TPSA) is 76.7 Å². The van der Waals surface area contributed by atoms with Gasteiger partial charge >= 0.3 is 6.18 Å². The van der Waals surface area contributed by atoms with Crippen molar-refractivity contribution in [1.82, 2.24) is 0 Å². The molecule has 3 heterocycles. The van der Waals surface area contributed by atoms with Crippen LogP contribution in [0.2, 0.25) is 0 Å². The van der Waals surface area contributed by atoms with E-state index in [2.05, 4.69) is 10.6 Å². The van der Waals surface area contributed by atoms with Gasteiger partial charge in [0, 0.05) is 18.0 Å². The molecule has 10 heteroatoms. The molecule has 0 saturated heterocycles. The van der Waals surface area contributed by atoms with E-state index < -0.39 is 17.6 Å². The highest BCUT2D eigenvalue weighted by molar-refractivity contribution is 7.18. The number of carbonyl (C=O) groups is 2. The lowest BCUT2D eigenvalue weighted by Crippen LogP contribution is -2.22. The molecule has 2 aromatic carbocycles. The summed E-state index contributed by atoms with van der Waals surface area (Å²) in [5, 5.41) is 5.91. The van der Waals surface area contributed by atoms with Gasteiger partial charge in [-0.2, -0.15) is 13.2 Å². The van der Waals surface area contributed by atoms with Crippen molar-refractivity contribution < 1.29 is 32.2 Å². The highest BCUT2D eigenvalue weighted by Crippen LogP contribution is 2.47. The summed E-state index contributed by atoms with van der Waals surface area (Å²) in [7, 11) is 0. The molecule has 3 aromatic rings. The van der Waals surface area contributed by atoms with Crippen LogP contribution in [0, 0.1) is 6.92 Å². The monoisotopic (exact) mass is 474 g/mol. The van der Waals surface area contributed by atoms with Gasteiger partial charge in [0.25, 0.3) is 5.91 Å². The highest BCUT2D eigenvalue weighted by Gasteiger charge is 2.34. The number of fused-ring (bicyclic) bond motifs is 2. The van der Waals surface area contributed by atoms with E-state index >= 15 is 0 Å². The van der Waals surface area contributed by atoms with Crippen molar-refractivity contribution in [1.29, 1.82) is 0 Å². The molecular weight excluding hydrogens is 457 g/mol. The molecule has 0 radical (unpaired) electrons. The zero-order valence-corrected chi connectivity index (χ0v) is 18.0. The van der Waals surface area contributed by atoms with E-state index in [1.54, 1.807) is 13.0 Å². The second-order valence-electron chi connectivity index (χ2n) is 7.75. The molecule has 0 saturated carbocycles. The highest BCUT2D eigenvalue weighted by atomic mass is 32.1. The van der Waals surface area contributed by atoms with Gasteiger partial charge in [0.2, 0.25) is 12.7 Å². The molecule has 2 N–H and O–H groups in total. The summed E-state index contributed by atoms with van der Waals surface area (Å²) >= 11 is 1.10. The van der Waals surface area contributed by atoms with Crippen LogP contribution in [0.4, 0.5) is 23.9 Å². The van der Waals surface area contributed by atoms with Gasteiger partial charge in [-0.25, -0.2) is 0 Å². The van der Waals surface area contributed by atoms with Crippen LogP contribution in [-0.4, -0.2) is 18.6 Å². The molecule has 0 fully saturated rings. The number of halogens is 3. The fourth-order valence-electron chi connectivity index (χ4n) is 4.10.